The largest absolute Gasteiger partial charge is 0.479 e. The Morgan fingerprint density at radius 3 is 1.29 bits per heavy atom. The number of aliphatic hydroxyl groups excluding tert-OH is 2. The van der Waals surface area contributed by atoms with E-state index >= 15 is 0 Å². The summed E-state index contributed by atoms with van der Waals surface area (Å²) in [7, 11) is 0. The Morgan fingerprint density at radius 2 is 0.863 bits per heavy atom. The molecule has 0 bridgehead atoms. The summed E-state index contributed by atoms with van der Waals surface area (Å²) in [5.41, 5.74) is 0. The molecule has 0 aromatic rings. The lowest BCUT2D eigenvalue weighted by atomic mass is 9.98. The van der Waals surface area contributed by atoms with Gasteiger partial charge in [-0.1, -0.05) is 235 Å². The van der Waals surface area contributed by atoms with E-state index in [1.54, 1.807) is 0 Å². The first-order chi connectivity index (χ1) is 35.6. The number of aliphatic hydroxyl groups is 2. The van der Waals surface area contributed by atoms with Gasteiger partial charge in [-0.15, -0.1) is 0 Å². The fourth-order valence-electron chi connectivity index (χ4n) is 8.39. The maximum Gasteiger partial charge on any atom is 0.335 e. The molecule has 1 fully saturated rings. The van der Waals surface area contributed by atoms with Crippen LogP contribution in [0.3, 0.4) is 0 Å². The predicted molar refractivity (Wildman–Crippen MR) is 294 cm³/mol. The highest BCUT2D eigenvalue weighted by Crippen LogP contribution is 2.26. The van der Waals surface area contributed by atoms with Gasteiger partial charge in [-0.25, -0.2) is 4.79 Å². The van der Waals surface area contributed by atoms with E-state index in [1.807, 2.05) is 12.2 Å². The number of carbonyl (C=O) groups excluding carboxylic acids is 3. The summed E-state index contributed by atoms with van der Waals surface area (Å²) in [6.45, 7) is 5.78. The van der Waals surface area contributed by atoms with E-state index in [-0.39, 0.29) is 25.9 Å². The Kier molecular flexibility index (Phi) is 45.1. The average molecular weight is 1030 g/mol. The van der Waals surface area contributed by atoms with Gasteiger partial charge in [0.1, 0.15) is 18.8 Å². The molecular formula is C61H102O12. The molecule has 0 aromatic heterocycles. The van der Waals surface area contributed by atoms with Crippen LogP contribution in [0.1, 0.15) is 239 Å². The molecule has 0 aliphatic carbocycles. The van der Waals surface area contributed by atoms with Crippen LogP contribution < -0.4 is 0 Å². The van der Waals surface area contributed by atoms with Crippen molar-refractivity contribution in [1.82, 2.24) is 0 Å². The zero-order valence-corrected chi connectivity index (χ0v) is 45.9. The second-order valence-electron chi connectivity index (χ2n) is 19.6. The fraction of sp³-hybridized carbons (Fsp3) is 0.738. The van der Waals surface area contributed by atoms with Gasteiger partial charge in [-0.2, -0.15) is 0 Å². The number of unbranched alkanes of at least 4 members (excludes halogenated alkanes) is 22. The minimum atomic E-state index is -1.91. The highest BCUT2D eigenvalue weighted by atomic mass is 16.7. The van der Waals surface area contributed by atoms with Crippen LogP contribution in [0, 0.1) is 0 Å². The second-order valence-corrected chi connectivity index (χ2v) is 19.6. The molecule has 0 aromatic carbocycles. The molecule has 0 radical (unpaired) electrons. The zero-order chi connectivity index (χ0) is 53.3. The van der Waals surface area contributed by atoms with Crippen molar-refractivity contribution >= 4 is 23.9 Å². The summed E-state index contributed by atoms with van der Waals surface area (Å²) >= 11 is 0. The van der Waals surface area contributed by atoms with Crippen LogP contribution in [0.4, 0.5) is 0 Å². The highest BCUT2D eigenvalue weighted by molar-refractivity contribution is 5.74. The smallest absolute Gasteiger partial charge is 0.335 e. The lowest BCUT2D eigenvalue weighted by Crippen LogP contribution is -2.61. The molecule has 1 aliphatic heterocycles. The van der Waals surface area contributed by atoms with E-state index in [9.17, 15) is 34.5 Å². The molecule has 1 aliphatic rings. The van der Waals surface area contributed by atoms with E-state index in [4.69, 9.17) is 23.7 Å². The highest BCUT2D eigenvalue weighted by Gasteiger charge is 2.50. The standard InChI is InChI=1S/C61H102O12/c1-4-7-10-13-16-19-21-23-25-26-27-28-30-31-33-36-38-41-44-47-53(62)69-50-52(71-54(63)48-45-42-40-37-34-32-29-24-22-20-17-14-11-8-5-2)51-70-61-59(57(66)56(65)58(73-61)60(67)68)72-55(64)49-46-43-39-35-18-15-12-9-6-3/h7,10,16,19,23,25,27-28,31,33,38,41,52,56-59,61,65-66H,4-6,8-9,11-15,17-18,20-22,24,26,29-30,32,34-37,39-40,42-51H2,1-3H3,(H,67,68)/b10-7-,19-16-,25-23-,28-27-,33-31-,41-38-. The molecule has 6 unspecified atom stereocenters. The van der Waals surface area contributed by atoms with Crippen LogP contribution in [-0.4, -0.2) is 89.2 Å². The summed E-state index contributed by atoms with van der Waals surface area (Å²) in [5.74, 6) is -3.22. The number of hydrogen-bond donors (Lipinski definition) is 3. The van der Waals surface area contributed by atoms with E-state index < -0.39 is 67.3 Å². The SMILES string of the molecule is CC/C=C\C/C=C\C/C=C\C/C=C\C/C=C\C/C=C\CCC(=O)OCC(COC1OC(C(=O)O)C(O)C(O)C1OC(=O)CCCCCCCCCCC)OC(=O)CCCCCCCCCCCCCCCCC. The van der Waals surface area contributed by atoms with Crippen LogP contribution >= 0.6 is 0 Å². The summed E-state index contributed by atoms with van der Waals surface area (Å²) in [6, 6.07) is 0. The third-order valence-corrected chi connectivity index (χ3v) is 12.8. The summed E-state index contributed by atoms with van der Waals surface area (Å²) in [5, 5.41) is 31.4. The normalized spacial score (nSPS) is 18.8. The number of aliphatic carboxylic acids is 1. The molecule has 6 atom stereocenters. The van der Waals surface area contributed by atoms with Crippen molar-refractivity contribution in [3.05, 3.63) is 72.9 Å². The maximum atomic E-state index is 13.1. The van der Waals surface area contributed by atoms with Gasteiger partial charge in [0.15, 0.2) is 24.6 Å². The average Bonchev–Trinajstić information content (AvgIpc) is 3.37. The number of carbonyl (C=O) groups is 4. The molecule has 418 valence electrons. The number of rotatable bonds is 48. The lowest BCUT2D eigenvalue weighted by Gasteiger charge is -2.40. The molecule has 12 heteroatoms. The van der Waals surface area contributed by atoms with Crippen LogP contribution in [0.25, 0.3) is 0 Å². The van der Waals surface area contributed by atoms with Gasteiger partial charge in [0.25, 0.3) is 0 Å². The third kappa shape index (κ3) is 39.3. The fourth-order valence-corrected chi connectivity index (χ4v) is 8.39. The van der Waals surface area contributed by atoms with Gasteiger partial charge >= 0.3 is 23.9 Å². The molecule has 1 rings (SSSR count). The monoisotopic (exact) mass is 1030 g/mol. The molecule has 3 N–H and O–H groups in total. The van der Waals surface area contributed by atoms with E-state index in [0.717, 1.165) is 83.5 Å². The van der Waals surface area contributed by atoms with Gasteiger partial charge in [0, 0.05) is 19.3 Å². The summed E-state index contributed by atoms with van der Waals surface area (Å²) in [6.07, 6.45) is 49.1. The van der Waals surface area contributed by atoms with Crippen molar-refractivity contribution < 1.29 is 58.2 Å². The van der Waals surface area contributed by atoms with Crippen LogP contribution in [0.15, 0.2) is 72.9 Å². The lowest BCUT2D eigenvalue weighted by molar-refractivity contribution is -0.301. The van der Waals surface area contributed by atoms with Crippen molar-refractivity contribution in [3.8, 4) is 0 Å². The molecule has 12 nitrogen and oxygen atoms in total. The van der Waals surface area contributed by atoms with Gasteiger partial charge < -0.3 is 39.0 Å². The number of hydrogen-bond acceptors (Lipinski definition) is 11. The van der Waals surface area contributed by atoms with Gasteiger partial charge in [-0.3, -0.25) is 14.4 Å². The van der Waals surface area contributed by atoms with E-state index in [1.165, 1.54) is 96.3 Å². The molecule has 1 saturated heterocycles. The van der Waals surface area contributed by atoms with Crippen LogP contribution in [0.5, 0.6) is 0 Å². The van der Waals surface area contributed by atoms with Crippen molar-refractivity contribution in [2.75, 3.05) is 13.2 Å². The second kappa shape index (κ2) is 49.1. The Hall–Kier alpha value is -3.84. The van der Waals surface area contributed by atoms with Crippen molar-refractivity contribution in [2.24, 2.45) is 0 Å². The third-order valence-electron chi connectivity index (χ3n) is 12.8. The minimum absolute atomic E-state index is 0.0539. The first kappa shape index (κ1) is 67.2. The van der Waals surface area contributed by atoms with Gasteiger partial charge in [0.05, 0.1) is 6.61 Å². The first-order valence-electron chi connectivity index (χ1n) is 28.9. The Labute approximate surface area is 442 Å². The van der Waals surface area contributed by atoms with Crippen molar-refractivity contribution in [2.45, 2.75) is 276 Å². The number of esters is 3. The Morgan fingerprint density at radius 1 is 0.466 bits per heavy atom. The van der Waals surface area contributed by atoms with E-state index in [2.05, 4.69) is 81.5 Å². The van der Waals surface area contributed by atoms with E-state index in [0.29, 0.717) is 19.3 Å². The molecular weight excluding hydrogens is 925 g/mol. The Bertz CT molecular complexity index is 1550. The Balaban J connectivity index is 2.72. The molecule has 0 spiro atoms. The van der Waals surface area contributed by atoms with Crippen LogP contribution in [-0.2, 0) is 42.9 Å². The van der Waals surface area contributed by atoms with Crippen LogP contribution in [0.2, 0.25) is 0 Å². The van der Waals surface area contributed by atoms with Crippen molar-refractivity contribution in [1.29, 1.82) is 0 Å². The van der Waals surface area contributed by atoms with Gasteiger partial charge in [-0.05, 0) is 57.8 Å². The molecule has 0 saturated carbocycles. The number of ether oxygens (including phenoxy) is 5. The summed E-state index contributed by atoms with van der Waals surface area (Å²) in [4.78, 5) is 50.9. The quantitative estimate of drug-likeness (QED) is 0.0228. The molecule has 1 heterocycles. The topological polar surface area (TPSA) is 175 Å². The number of carboxylic acids is 1. The maximum absolute atomic E-state index is 13.1. The van der Waals surface area contributed by atoms with Gasteiger partial charge in [0.2, 0.25) is 0 Å². The molecule has 0 amide bonds. The first-order valence-corrected chi connectivity index (χ1v) is 28.9. The van der Waals surface area contributed by atoms with Crippen molar-refractivity contribution in [3.63, 3.8) is 0 Å². The zero-order valence-electron chi connectivity index (χ0n) is 45.9. The minimum Gasteiger partial charge on any atom is -0.479 e. The summed E-state index contributed by atoms with van der Waals surface area (Å²) < 4.78 is 28.3. The predicted octanol–water partition coefficient (Wildman–Crippen LogP) is 14.6. The number of allylic oxidation sites excluding steroid dienone is 12. The number of carboxylic acid groups (broad SMARTS) is 1. The molecule has 73 heavy (non-hydrogen) atoms.